The Morgan fingerprint density at radius 3 is 2.33 bits per heavy atom. The Morgan fingerprint density at radius 2 is 1.72 bits per heavy atom. The Hall–Kier alpha value is -1.94. The molecule has 1 saturated heterocycles. The number of benzene rings is 1. The number of carbonyl (C=O) groups is 2. The first-order chi connectivity index (χ1) is 8.79. The van der Waals surface area contributed by atoms with Crippen LogP contribution in [0.4, 0.5) is 0 Å². The molecule has 4 nitrogen and oxygen atoms in total. The van der Waals surface area contributed by atoms with E-state index in [0.29, 0.717) is 31.9 Å². The van der Waals surface area contributed by atoms with Crippen LogP contribution in [0.2, 0.25) is 0 Å². The summed E-state index contributed by atoms with van der Waals surface area (Å²) in [4.78, 5) is 24.1. The zero-order valence-electron chi connectivity index (χ0n) is 10.0. The Balaban J connectivity index is 1.96. The Morgan fingerprint density at radius 1 is 1.11 bits per heavy atom. The molecule has 1 aliphatic rings. The maximum Gasteiger partial charge on any atom is 0.246 e. The second kappa shape index (κ2) is 6.12. The van der Waals surface area contributed by atoms with Gasteiger partial charge in [-0.05, 0) is 11.6 Å². The Kier molecular flexibility index (Phi) is 4.25. The van der Waals surface area contributed by atoms with Crippen LogP contribution in [-0.2, 0) is 9.53 Å². The number of amides is 1. The van der Waals surface area contributed by atoms with E-state index >= 15 is 0 Å². The maximum atomic E-state index is 11.8. The number of carbonyl (C=O) groups excluding carboxylic acids is 2. The van der Waals surface area contributed by atoms with Crippen molar-refractivity contribution < 1.29 is 14.3 Å². The standard InChI is InChI=1S/C14H15NO3/c16-11-13-3-1-12(2-4-13)5-6-14(17)15-7-9-18-10-8-15/h1-6,11H,7-10H2. The van der Waals surface area contributed by atoms with Gasteiger partial charge in [-0.2, -0.15) is 0 Å². The minimum absolute atomic E-state index is 0.00207. The van der Waals surface area contributed by atoms with E-state index in [1.165, 1.54) is 0 Å². The van der Waals surface area contributed by atoms with Gasteiger partial charge in [0.25, 0.3) is 0 Å². The number of rotatable bonds is 3. The van der Waals surface area contributed by atoms with Crippen molar-refractivity contribution in [1.29, 1.82) is 0 Å². The van der Waals surface area contributed by atoms with Crippen molar-refractivity contribution in [3.63, 3.8) is 0 Å². The van der Waals surface area contributed by atoms with Gasteiger partial charge in [-0.1, -0.05) is 24.3 Å². The fourth-order valence-electron chi connectivity index (χ4n) is 1.74. The summed E-state index contributed by atoms with van der Waals surface area (Å²) >= 11 is 0. The first-order valence-corrected chi connectivity index (χ1v) is 5.89. The summed E-state index contributed by atoms with van der Waals surface area (Å²) in [5, 5.41) is 0. The average Bonchev–Trinajstić information content (AvgIpc) is 2.46. The van der Waals surface area contributed by atoms with Crippen LogP contribution in [-0.4, -0.2) is 43.4 Å². The summed E-state index contributed by atoms with van der Waals surface area (Å²) in [5.74, 6) is -0.00207. The van der Waals surface area contributed by atoms with Gasteiger partial charge in [0, 0.05) is 24.7 Å². The molecule has 0 atom stereocenters. The van der Waals surface area contributed by atoms with E-state index in [-0.39, 0.29) is 5.91 Å². The van der Waals surface area contributed by atoms with Gasteiger partial charge in [-0.3, -0.25) is 9.59 Å². The van der Waals surface area contributed by atoms with Crippen molar-refractivity contribution in [3.8, 4) is 0 Å². The van der Waals surface area contributed by atoms with Gasteiger partial charge in [-0.25, -0.2) is 0 Å². The fraction of sp³-hybridized carbons (Fsp3) is 0.286. The average molecular weight is 245 g/mol. The quantitative estimate of drug-likeness (QED) is 0.597. The van der Waals surface area contributed by atoms with Gasteiger partial charge in [0.05, 0.1) is 13.2 Å². The summed E-state index contributed by atoms with van der Waals surface area (Å²) in [6.07, 6.45) is 4.11. The molecule has 94 valence electrons. The third-order valence-corrected chi connectivity index (χ3v) is 2.81. The molecule has 2 rings (SSSR count). The van der Waals surface area contributed by atoms with Crippen LogP contribution in [0.25, 0.3) is 6.08 Å². The lowest BCUT2D eigenvalue weighted by molar-refractivity contribution is -0.129. The Bertz CT molecular complexity index is 445. The van der Waals surface area contributed by atoms with Crippen LogP contribution in [0.15, 0.2) is 30.3 Å². The maximum absolute atomic E-state index is 11.8. The molecular formula is C14H15NO3. The summed E-state index contributed by atoms with van der Waals surface area (Å²) in [6, 6.07) is 7.08. The van der Waals surface area contributed by atoms with E-state index in [1.54, 1.807) is 29.2 Å². The molecule has 0 aromatic heterocycles. The number of morpholine rings is 1. The first kappa shape index (κ1) is 12.5. The van der Waals surface area contributed by atoms with Crippen LogP contribution in [0.1, 0.15) is 15.9 Å². The number of nitrogens with zero attached hydrogens (tertiary/aromatic N) is 1. The fourth-order valence-corrected chi connectivity index (χ4v) is 1.74. The van der Waals surface area contributed by atoms with E-state index < -0.39 is 0 Å². The van der Waals surface area contributed by atoms with Crippen molar-refractivity contribution in [2.75, 3.05) is 26.3 Å². The highest BCUT2D eigenvalue weighted by Gasteiger charge is 2.13. The minimum atomic E-state index is -0.00207. The molecule has 1 aromatic carbocycles. The predicted molar refractivity (Wildman–Crippen MR) is 68.3 cm³/mol. The van der Waals surface area contributed by atoms with E-state index in [9.17, 15) is 9.59 Å². The van der Waals surface area contributed by atoms with Crippen LogP contribution < -0.4 is 0 Å². The van der Waals surface area contributed by atoms with Gasteiger partial charge >= 0.3 is 0 Å². The normalized spacial score (nSPS) is 15.9. The summed E-state index contributed by atoms with van der Waals surface area (Å²) in [7, 11) is 0. The smallest absolute Gasteiger partial charge is 0.246 e. The summed E-state index contributed by atoms with van der Waals surface area (Å²) in [5.41, 5.74) is 1.54. The second-order valence-electron chi connectivity index (χ2n) is 4.06. The topological polar surface area (TPSA) is 46.6 Å². The molecule has 1 heterocycles. The zero-order valence-corrected chi connectivity index (χ0v) is 10.0. The second-order valence-corrected chi connectivity index (χ2v) is 4.06. The van der Waals surface area contributed by atoms with E-state index in [4.69, 9.17) is 4.74 Å². The van der Waals surface area contributed by atoms with Gasteiger partial charge in [-0.15, -0.1) is 0 Å². The number of hydrogen-bond donors (Lipinski definition) is 0. The van der Waals surface area contributed by atoms with Crippen molar-refractivity contribution in [3.05, 3.63) is 41.5 Å². The molecule has 1 aromatic rings. The number of ether oxygens (including phenoxy) is 1. The highest BCUT2D eigenvalue weighted by molar-refractivity contribution is 5.92. The lowest BCUT2D eigenvalue weighted by atomic mass is 10.1. The SMILES string of the molecule is O=Cc1ccc(C=CC(=O)N2CCOCC2)cc1. The molecule has 0 bridgehead atoms. The monoisotopic (exact) mass is 245 g/mol. The van der Waals surface area contributed by atoms with Gasteiger partial charge < -0.3 is 9.64 Å². The van der Waals surface area contributed by atoms with Crippen LogP contribution in [0.5, 0.6) is 0 Å². The lowest BCUT2D eigenvalue weighted by Crippen LogP contribution is -2.39. The molecule has 0 N–H and O–H groups in total. The highest BCUT2D eigenvalue weighted by Crippen LogP contribution is 2.06. The molecular weight excluding hydrogens is 230 g/mol. The van der Waals surface area contributed by atoms with Crippen molar-refractivity contribution in [1.82, 2.24) is 4.90 Å². The van der Waals surface area contributed by atoms with Crippen molar-refractivity contribution in [2.24, 2.45) is 0 Å². The third kappa shape index (κ3) is 3.28. The molecule has 1 fully saturated rings. The van der Waals surface area contributed by atoms with E-state index in [0.717, 1.165) is 11.8 Å². The number of hydrogen-bond acceptors (Lipinski definition) is 3. The molecule has 1 amide bonds. The molecule has 0 aliphatic carbocycles. The number of aldehydes is 1. The van der Waals surface area contributed by atoms with Gasteiger partial charge in [0.2, 0.25) is 5.91 Å². The molecule has 18 heavy (non-hydrogen) atoms. The zero-order chi connectivity index (χ0) is 12.8. The largest absolute Gasteiger partial charge is 0.378 e. The van der Waals surface area contributed by atoms with Crippen LogP contribution in [0.3, 0.4) is 0 Å². The van der Waals surface area contributed by atoms with Crippen LogP contribution in [0, 0.1) is 0 Å². The molecule has 0 radical (unpaired) electrons. The van der Waals surface area contributed by atoms with Gasteiger partial charge in [0.1, 0.15) is 6.29 Å². The van der Waals surface area contributed by atoms with Crippen LogP contribution >= 0.6 is 0 Å². The van der Waals surface area contributed by atoms with E-state index in [2.05, 4.69) is 0 Å². The van der Waals surface area contributed by atoms with E-state index in [1.807, 2.05) is 12.1 Å². The van der Waals surface area contributed by atoms with Crippen molar-refractivity contribution in [2.45, 2.75) is 0 Å². The predicted octanol–water partition coefficient (Wildman–Crippen LogP) is 1.37. The molecule has 0 saturated carbocycles. The summed E-state index contributed by atoms with van der Waals surface area (Å²) < 4.78 is 5.19. The summed E-state index contributed by atoms with van der Waals surface area (Å²) in [6.45, 7) is 2.50. The van der Waals surface area contributed by atoms with Crippen molar-refractivity contribution >= 4 is 18.3 Å². The first-order valence-electron chi connectivity index (χ1n) is 5.89. The van der Waals surface area contributed by atoms with Gasteiger partial charge in [0.15, 0.2) is 0 Å². The third-order valence-electron chi connectivity index (χ3n) is 2.81. The Labute approximate surface area is 106 Å². The molecule has 1 aliphatic heterocycles. The molecule has 0 spiro atoms. The lowest BCUT2D eigenvalue weighted by Gasteiger charge is -2.25. The highest BCUT2D eigenvalue weighted by atomic mass is 16.5. The molecule has 4 heteroatoms. The molecule has 0 unspecified atom stereocenters. The minimum Gasteiger partial charge on any atom is -0.378 e.